The molecule has 1 atom stereocenters. The van der Waals surface area contributed by atoms with Crippen LogP contribution in [0.4, 0.5) is 5.69 Å². The Balaban J connectivity index is 2.44. The van der Waals surface area contributed by atoms with Gasteiger partial charge >= 0.3 is 0 Å². The number of hydrogen-bond acceptors (Lipinski definition) is 3. The van der Waals surface area contributed by atoms with E-state index < -0.39 is 5.91 Å². The molecule has 0 aliphatic heterocycles. The van der Waals surface area contributed by atoms with Gasteiger partial charge in [0.25, 0.3) is 5.91 Å². The van der Waals surface area contributed by atoms with Gasteiger partial charge in [-0.25, -0.2) is 0 Å². The molecule has 2 aromatic rings. The SMILES string of the molecule is CC[C@H](C)NC(=O)/C(C=Nc1ccc(Cl)cc1)=C(\O)c1ccccc1Cl. The average Bonchev–Trinajstić information content (AvgIpc) is 2.63. The molecule has 0 aromatic heterocycles. The largest absolute Gasteiger partial charge is 0.506 e. The van der Waals surface area contributed by atoms with E-state index >= 15 is 0 Å². The van der Waals surface area contributed by atoms with Gasteiger partial charge in [-0.1, -0.05) is 42.3 Å². The number of halogens is 2. The Bertz CT molecular complexity index is 830. The molecule has 26 heavy (non-hydrogen) atoms. The van der Waals surface area contributed by atoms with Gasteiger partial charge in [-0.3, -0.25) is 9.79 Å². The van der Waals surface area contributed by atoms with Crippen molar-refractivity contribution >= 4 is 46.8 Å². The predicted molar refractivity (Wildman–Crippen MR) is 109 cm³/mol. The number of amides is 1. The van der Waals surface area contributed by atoms with Crippen molar-refractivity contribution in [3.8, 4) is 0 Å². The smallest absolute Gasteiger partial charge is 0.256 e. The number of carbonyl (C=O) groups is 1. The third-order valence-electron chi connectivity index (χ3n) is 3.79. The molecule has 0 aliphatic rings. The summed E-state index contributed by atoms with van der Waals surface area (Å²) < 4.78 is 0. The van der Waals surface area contributed by atoms with E-state index in [0.717, 1.165) is 6.42 Å². The van der Waals surface area contributed by atoms with Crippen LogP contribution < -0.4 is 5.32 Å². The average molecular weight is 391 g/mol. The molecule has 1 amide bonds. The molecule has 2 N–H and O–H groups in total. The van der Waals surface area contributed by atoms with Gasteiger partial charge in [-0.15, -0.1) is 0 Å². The van der Waals surface area contributed by atoms with Crippen molar-refractivity contribution in [1.29, 1.82) is 0 Å². The summed E-state index contributed by atoms with van der Waals surface area (Å²) in [6, 6.07) is 13.6. The van der Waals surface area contributed by atoms with Crippen LogP contribution in [0.2, 0.25) is 10.0 Å². The van der Waals surface area contributed by atoms with Gasteiger partial charge in [0.05, 0.1) is 10.7 Å². The first-order valence-electron chi connectivity index (χ1n) is 8.21. The second-order valence-corrected chi connectivity index (χ2v) is 6.60. The van der Waals surface area contributed by atoms with Crippen LogP contribution in [0.1, 0.15) is 25.8 Å². The van der Waals surface area contributed by atoms with Crippen LogP contribution in [0.15, 0.2) is 59.1 Å². The van der Waals surface area contributed by atoms with E-state index in [1.165, 1.54) is 6.21 Å². The van der Waals surface area contributed by atoms with Crippen LogP contribution >= 0.6 is 23.2 Å². The summed E-state index contributed by atoms with van der Waals surface area (Å²) in [6.45, 7) is 3.85. The summed E-state index contributed by atoms with van der Waals surface area (Å²) >= 11 is 12.0. The van der Waals surface area contributed by atoms with E-state index in [4.69, 9.17) is 23.2 Å². The van der Waals surface area contributed by atoms with Gasteiger partial charge < -0.3 is 10.4 Å². The minimum Gasteiger partial charge on any atom is -0.506 e. The fraction of sp³-hybridized carbons (Fsp3) is 0.200. The highest BCUT2D eigenvalue weighted by atomic mass is 35.5. The Hall–Kier alpha value is -2.30. The van der Waals surface area contributed by atoms with Crippen molar-refractivity contribution in [3.63, 3.8) is 0 Å². The highest BCUT2D eigenvalue weighted by molar-refractivity contribution is 6.33. The van der Waals surface area contributed by atoms with Gasteiger partial charge in [0.2, 0.25) is 0 Å². The highest BCUT2D eigenvalue weighted by Gasteiger charge is 2.18. The van der Waals surface area contributed by atoms with E-state index in [-0.39, 0.29) is 17.4 Å². The van der Waals surface area contributed by atoms with Crippen molar-refractivity contribution in [1.82, 2.24) is 5.32 Å². The molecule has 0 radical (unpaired) electrons. The topological polar surface area (TPSA) is 61.7 Å². The van der Waals surface area contributed by atoms with Crippen molar-refractivity contribution < 1.29 is 9.90 Å². The summed E-state index contributed by atoms with van der Waals surface area (Å²) in [5, 5.41) is 14.4. The van der Waals surface area contributed by atoms with Crippen LogP contribution in [-0.4, -0.2) is 23.3 Å². The molecule has 6 heteroatoms. The van der Waals surface area contributed by atoms with Crippen LogP contribution in [0.25, 0.3) is 5.76 Å². The van der Waals surface area contributed by atoms with Gasteiger partial charge in [-0.05, 0) is 49.7 Å². The van der Waals surface area contributed by atoms with E-state index in [2.05, 4.69) is 10.3 Å². The molecule has 0 fully saturated rings. The lowest BCUT2D eigenvalue weighted by Gasteiger charge is -2.13. The lowest BCUT2D eigenvalue weighted by atomic mass is 10.1. The number of hydrogen-bond donors (Lipinski definition) is 2. The van der Waals surface area contributed by atoms with Crippen molar-refractivity contribution in [3.05, 3.63) is 69.7 Å². The minimum atomic E-state index is -0.422. The van der Waals surface area contributed by atoms with Gasteiger partial charge in [-0.2, -0.15) is 0 Å². The Morgan fingerprint density at radius 1 is 1.19 bits per heavy atom. The zero-order valence-corrected chi connectivity index (χ0v) is 16.1. The molecule has 0 unspecified atom stereocenters. The molecule has 0 aliphatic carbocycles. The molecule has 0 spiro atoms. The van der Waals surface area contributed by atoms with Crippen LogP contribution in [-0.2, 0) is 4.79 Å². The van der Waals surface area contributed by atoms with E-state index in [9.17, 15) is 9.90 Å². The fourth-order valence-corrected chi connectivity index (χ4v) is 2.45. The molecule has 2 aromatic carbocycles. The zero-order valence-electron chi connectivity index (χ0n) is 14.5. The maximum Gasteiger partial charge on any atom is 0.256 e. The number of nitrogens with zero attached hydrogens (tertiary/aromatic N) is 1. The van der Waals surface area contributed by atoms with Gasteiger partial charge in [0, 0.05) is 22.8 Å². The number of carbonyl (C=O) groups excluding carboxylic acids is 1. The number of aliphatic imine (C=N–C) groups is 1. The van der Waals surface area contributed by atoms with Gasteiger partial charge in [0.15, 0.2) is 0 Å². The van der Waals surface area contributed by atoms with Crippen LogP contribution in [0, 0.1) is 0 Å². The standard InChI is InChI=1S/C20H20Cl2N2O2/c1-3-13(2)24-20(26)17(12-23-15-10-8-14(21)9-11-15)19(25)16-6-4-5-7-18(16)22/h4-13,25H,3H2,1-2H3,(H,24,26)/b19-17-,23-12?/t13-/m0/s1. The first kappa shape index (κ1) is 20.0. The Morgan fingerprint density at radius 3 is 2.46 bits per heavy atom. The number of nitrogens with one attached hydrogen (secondary N) is 1. The Morgan fingerprint density at radius 2 is 1.85 bits per heavy atom. The summed E-state index contributed by atoms with van der Waals surface area (Å²) in [5.74, 6) is -0.649. The molecule has 0 saturated heterocycles. The van der Waals surface area contributed by atoms with Crippen molar-refractivity contribution in [2.45, 2.75) is 26.3 Å². The van der Waals surface area contributed by atoms with E-state index in [0.29, 0.717) is 21.3 Å². The number of benzene rings is 2. The third-order valence-corrected chi connectivity index (χ3v) is 4.37. The maximum atomic E-state index is 12.6. The first-order valence-corrected chi connectivity index (χ1v) is 8.96. The van der Waals surface area contributed by atoms with E-state index in [1.807, 2.05) is 13.8 Å². The zero-order chi connectivity index (χ0) is 19.1. The second-order valence-electron chi connectivity index (χ2n) is 5.76. The van der Waals surface area contributed by atoms with Crippen LogP contribution in [0.3, 0.4) is 0 Å². The van der Waals surface area contributed by atoms with Crippen molar-refractivity contribution in [2.75, 3.05) is 0 Å². The lowest BCUT2D eigenvalue weighted by Crippen LogP contribution is -2.34. The Kier molecular flexibility index (Phi) is 7.25. The van der Waals surface area contributed by atoms with Crippen molar-refractivity contribution in [2.24, 2.45) is 4.99 Å². The molecule has 2 rings (SSSR count). The lowest BCUT2D eigenvalue weighted by molar-refractivity contribution is -0.117. The fourth-order valence-electron chi connectivity index (χ4n) is 2.10. The number of aliphatic hydroxyl groups excluding tert-OH is 1. The normalized spacial score (nSPS) is 13.4. The molecular formula is C20H20Cl2N2O2. The summed E-state index contributed by atoms with van der Waals surface area (Å²) in [6.07, 6.45) is 2.10. The second kappa shape index (κ2) is 9.41. The quantitative estimate of drug-likeness (QED) is 0.384. The minimum absolute atomic E-state index is 0.0355. The third kappa shape index (κ3) is 5.35. The van der Waals surface area contributed by atoms with Gasteiger partial charge in [0.1, 0.15) is 11.3 Å². The molecule has 4 nitrogen and oxygen atoms in total. The molecule has 0 heterocycles. The molecule has 0 bridgehead atoms. The predicted octanol–water partition coefficient (Wildman–Crippen LogP) is 5.58. The summed E-state index contributed by atoms with van der Waals surface area (Å²) in [5.41, 5.74) is 1.01. The monoisotopic (exact) mass is 390 g/mol. The first-order chi connectivity index (χ1) is 12.4. The number of aliphatic hydroxyl groups is 1. The maximum absolute atomic E-state index is 12.6. The Labute approximate surface area is 163 Å². The van der Waals surface area contributed by atoms with E-state index in [1.54, 1.807) is 48.5 Å². The summed E-state index contributed by atoms with van der Waals surface area (Å²) in [7, 11) is 0. The molecule has 0 saturated carbocycles. The number of rotatable bonds is 6. The van der Waals surface area contributed by atoms with Crippen LogP contribution in [0.5, 0.6) is 0 Å². The summed E-state index contributed by atoms with van der Waals surface area (Å²) in [4.78, 5) is 16.9. The highest BCUT2D eigenvalue weighted by Crippen LogP contribution is 2.24. The molecular weight excluding hydrogens is 371 g/mol. The molecule has 136 valence electrons.